The Balaban J connectivity index is 0.0000205. The van der Waals surface area contributed by atoms with Gasteiger partial charge in [0.25, 0.3) is 0 Å². The normalized spacial score (nSPS) is 24.5. The molecule has 64 heavy (non-hydrogen) atoms. The average Bonchev–Trinajstić information content (AvgIpc) is 3.69. The van der Waals surface area contributed by atoms with Crippen LogP contribution in [0.1, 0.15) is 96.3 Å². The van der Waals surface area contributed by atoms with Gasteiger partial charge in [-0.15, -0.1) is 0 Å². The van der Waals surface area contributed by atoms with Crippen molar-refractivity contribution in [2.45, 2.75) is 170 Å². The molecule has 0 aliphatic carbocycles. The number of aliphatic hydroxyl groups excluding tert-OH is 9. The standard InChI is InChI=1S/C41H76N4O18.Y/c1-59-25-26-22-27(60-2)23-45(26)33(51)15-4-3-8-18-43-39(57)28(44-32(50)14-7-11-21-62-41-38(56)36(54)35(53)30(24-47)63-41)12-5-9-17-42-31(49)13-6-10-20-61-40(58)37(55)34(52)29(48)16-19-46;/h26-30,34-38,40-41,46-48,52-56,58H,3-25H2,1-2H3,(H,42,49)(H,43,57)(H,44,50);/t26-,27+,28+,29?,30?,34?,35?,36?,37?,38?,40?,41?;/m0./s1. The van der Waals surface area contributed by atoms with Crippen LogP contribution in [-0.2, 0) is 75.6 Å². The van der Waals surface area contributed by atoms with Gasteiger partial charge in [-0.05, 0) is 70.6 Å². The molecular weight excluding hydrogens is 925 g/mol. The number of carbonyl (C=O) groups is 4. The minimum Gasteiger partial charge on any atom is -0.396 e. The summed E-state index contributed by atoms with van der Waals surface area (Å²) in [5.41, 5.74) is 0. The maximum atomic E-state index is 13.3. The van der Waals surface area contributed by atoms with E-state index in [1.54, 1.807) is 14.2 Å². The first kappa shape index (κ1) is 60.4. The molecule has 1 radical (unpaired) electrons. The van der Waals surface area contributed by atoms with Gasteiger partial charge in [-0.25, -0.2) is 0 Å². The zero-order chi connectivity index (χ0) is 46.7. The summed E-state index contributed by atoms with van der Waals surface area (Å²) in [6.45, 7) is 0.645. The predicted molar refractivity (Wildman–Crippen MR) is 222 cm³/mol. The summed E-state index contributed by atoms with van der Waals surface area (Å²) in [6, 6.07) is -0.875. The second kappa shape index (κ2) is 34.7. The SMILES string of the molecule is COC[C@@H]1C[C@@H](OC)CN1C(=O)CCCCCNC(=O)[C@@H](CCCCNC(=O)CCCCOC(O)C(O)C(O)C(O)CCO)NC(=O)CCCCOC1OC(CO)C(O)C(O)C1O.[Y]. The van der Waals surface area contributed by atoms with Gasteiger partial charge in [0, 0.05) is 106 Å². The van der Waals surface area contributed by atoms with Crippen LogP contribution >= 0.6 is 0 Å². The van der Waals surface area contributed by atoms with Crippen molar-refractivity contribution < 1.29 is 122 Å². The molecule has 2 rings (SSSR count). The van der Waals surface area contributed by atoms with Crippen molar-refractivity contribution in [3.8, 4) is 0 Å². The quantitative estimate of drug-likeness (QED) is 0.0221. The second-order valence-electron chi connectivity index (χ2n) is 16.1. The van der Waals surface area contributed by atoms with Gasteiger partial charge in [-0.3, -0.25) is 19.2 Å². The van der Waals surface area contributed by atoms with E-state index in [2.05, 4.69) is 16.0 Å². The fourth-order valence-electron chi connectivity index (χ4n) is 7.26. The Labute approximate surface area is 400 Å². The van der Waals surface area contributed by atoms with Gasteiger partial charge in [0.1, 0.15) is 42.7 Å². The van der Waals surface area contributed by atoms with E-state index in [0.29, 0.717) is 96.9 Å². The van der Waals surface area contributed by atoms with Crippen molar-refractivity contribution in [3.05, 3.63) is 0 Å². The number of nitrogens with one attached hydrogen (secondary N) is 3. The Morgan fingerprint density at radius 3 is 2.08 bits per heavy atom. The molecule has 12 atom stereocenters. The summed E-state index contributed by atoms with van der Waals surface area (Å²) in [5.74, 6) is -0.932. The summed E-state index contributed by atoms with van der Waals surface area (Å²) >= 11 is 0. The second-order valence-corrected chi connectivity index (χ2v) is 16.1. The number of amides is 4. The molecule has 2 aliphatic heterocycles. The summed E-state index contributed by atoms with van der Waals surface area (Å²) in [4.78, 5) is 53.3. The van der Waals surface area contributed by atoms with Crippen molar-refractivity contribution in [1.82, 2.24) is 20.9 Å². The zero-order valence-electron chi connectivity index (χ0n) is 37.4. The Morgan fingerprint density at radius 1 is 0.750 bits per heavy atom. The van der Waals surface area contributed by atoms with Crippen molar-refractivity contribution in [2.24, 2.45) is 0 Å². The van der Waals surface area contributed by atoms with Gasteiger partial charge in [0.05, 0.1) is 31.5 Å². The third-order valence-corrected chi connectivity index (χ3v) is 11.1. The fourth-order valence-corrected chi connectivity index (χ4v) is 7.26. The van der Waals surface area contributed by atoms with E-state index in [-0.39, 0.29) is 101 Å². The van der Waals surface area contributed by atoms with Crippen LogP contribution in [0, 0.1) is 0 Å². The summed E-state index contributed by atoms with van der Waals surface area (Å²) in [6.07, 6.45) is -7.90. The first-order chi connectivity index (χ1) is 30.2. The van der Waals surface area contributed by atoms with Crippen LogP contribution in [0.3, 0.4) is 0 Å². The number of methoxy groups -OCH3 is 2. The first-order valence-electron chi connectivity index (χ1n) is 22.2. The third-order valence-electron chi connectivity index (χ3n) is 11.1. The van der Waals surface area contributed by atoms with Crippen LogP contribution in [0.2, 0.25) is 0 Å². The third kappa shape index (κ3) is 22.5. The van der Waals surface area contributed by atoms with Gasteiger partial charge in [0.15, 0.2) is 12.6 Å². The molecule has 2 fully saturated rings. The molecule has 0 aromatic heterocycles. The van der Waals surface area contributed by atoms with Crippen LogP contribution in [0.5, 0.6) is 0 Å². The van der Waals surface area contributed by atoms with Gasteiger partial charge < -0.3 is 90.5 Å². The van der Waals surface area contributed by atoms with Gasteiger partial charge in [0.2, 0.25) is 23.6 Å². The van der Waals surface area contributed by atoms with Crippen LogP contribution in [0.15, 0.2) is 0 Å². The summed E-state index contributed by atoms with van der Waals surface area (Å²) < 4.78 is 26.6. The fraction of sp³-hybridized carbons (Fsp3) is 0.902. The number of rotatable bonds is 34. The molecule has 2 heterocycles. The van der Waals surface area contributed by atoms with Gasteiger partial charge >= 0.3 is 0 Å². The Kier molecular flexibility index (Phi) is 32.7. The van der Waals surface area contributed by atoms with Crippen LogP contribution in [-0.4, -0.2) is 215 Å². The monoisotopic (exact) mass is 1000 g/mol. The Bertz CT molecular complexity index is 1300. The van der Waals surface area contributed by atoms with Crippen molar-refractivity contribution in [1.29, 1.82) is 0 Å². The number of unbranched alkanes of at least 4 members (excludes halogenated alkanes) is 5. The number of carbonyl (C=O) groups excluding carboxylic acids is 4. The van der Waals surface area contributed by atoms with Crippen LogP contribution in [0.25, 0.3) is 0 Å². The van der Waals surface area contributed by atoms with E-state index in [0.717, 1.165) is 6.42 Å². The summed E-state index contributed by atoms with van der Waals surface area (Å²) in [5, 5.41) is 96.1. The maximum absolute atomic E-state index is 13.3. The van der Waals surface area contributed by atoms with E-state index in [1.165, 1.54) is 0 Å². The smallest absolute Gasteiger partial charge is 0.242 e. The topological polar surface area (TPSA) is 336 Å². The van der Waals surface area contributed by atoms with Crippen molar-refractivity contribution >= 4 is 23.6 Å². The molecule has 371 valence electrons. The molecule has 2 saturated heterocycles. The molecule has 0 bridgehead atoms. The van der Waals surface area contributed by atoms with Crippen LogP contribution in [0.4, 0.5) is 0 Å². The van der Waals surface area contributed by atoms with Crippen molar-refractivity contribution in [2.75, 3.05) is 66.9 Å². The number of hydrogen-bond acceptors (Lipinski definition) is 18. The first-order valence-corrected chi connectivity index (χ1v) is 22.2. The molecule has 0 spiro atoms. The number of aliphatic hydroxyl groups is 9. The number of hydrogen-bond donors (Lipinski definition) is 12. The molecule has 12 N–H and O–H groups in total. The Morgan fingerprint density at radius 2 is 1.41 bits per heavy atom. The number of likely N-dealkylation sites (tertiary alicyclic amines) is 1. The van der Waals surface area contributed by atoms with Gasteiger partial charge in [-0.1, -0.05) is 6.42 Å². The predicted octanol–water partition coefficient (Wildman–Crippen LogP) is -3.35. The zero-order valence-corrected chi connectivity index (χ0v) is 40.3. The maximum Gasteiger partial charge on any atom is 0.242 e. The molecule has 2 aliphatic rings. The largest absolute Gasteiger partial charge is 0.396 e. The van der Waals surface area contributed by atoms with Crippen molar-refractivity contribution in [3.63, 3.8) is 0 Å². The van der Waals surface area contributed by atoms with Gasteiger partial charge in [-0.2, -0.15) is 0 Å². The molecule has 0 saturated carbocycles. The van der Waals surface area contributed by atoms with E-state index in [9.17, 15) is 60.0 Å². The Hall–Kier alpha value is -1.58. The van der Waals surface area contributed by atoms with Crippen LogP contribution < -0.4 is 16.0 Å². The molecule has 0 aromatic rings. The minimum atomic E-state index is -1.79. The van der Waals surface area contributed by atoms with E-state index in [1.807, 2.05) is 4.90 Å². The minimum absolute atomic E-state index is 0. The molecule has 22 nitrogen and oxygen atoms in total. The molecular formula is C41H76N4O18Y. The summed E-state index contributed by atoms with van der Waals surface area (Å²) in [7, 11) is 3.23. The van der Waals surface area contributed by atoms with E-state index >= 15 is 0 Å². The van der Waals surface area contributed by atoms with E-state index < -0.39 is 74.6 Å². The molecule has 9 unspecified atom stereocenters. The average molecular weight is 1000 g/mol. The molecule has 23 heteroatoms. The molecule has 4 amide bonds. The molecule has 0 aromatic carbocycles. The number of ether oxygens (including phenoxy) is 5. The van der Waals surface area contributed by atoms with E-state index in [4.69, 9.17) is 28.8 Å². The number of nitrogens with zero attached hydrogens (tertiary/aromatic N) is 1.